The molecule has 2 aromatic carbocycles. The first-order valence-electron chi connectivity index (χ1n) is 19.3. The van der Waals surface area contributed by atoms with Crippen LogP contribution < -0.4 is 9.46 Å². The SMILES string of the molecule is COc1ccc2c(c1)C(/C=C/C(=O)N1C3CCC1CN(C)C3)CCn1c-2c(C2CCCCC2)c2ccc(C(=O)NS(=O)(=O)C3CCCCC3)cc21. The van der Waals surface area contributed by atoms with Crippen LogP contribution in [0.5, 0.6) is 5.75 Å². The maximum atomic E-state index is 13.7. The van der Waals surface area contributed by atoms with Gasteiger partial charge in [-0.15, -0.1) is 0 Å². The fourth-order valence-electron chi connectivity index (χ4n) is 10.1. The lowest BCUT2D eigenvalue weighted by Crippen LogP contribution is -2.54. The minimum Gasteiger partial charge on any atom is -0.497 e. The highest BCUT2D eigenvalue weighted by Crippen LogP contribution is 2.48. The normalized spacial score (nSPS) is 24.7. The number of ether oxygens (including phenoxy) is 1. The predicted molar refractivity (Wildman–Crippen MR) is 201 cm³/mol. The zero-order valence-electron chi connectivity index (χ0n) is 30.1. The van der Waals surface area contributed by atoms with E-state index < -0.39 is 21.2 Å². The number of likely N-dealkylation sites (N-methyl/N-ethyl adjacent to an activating group) is 1. The number of nitrogens with zero attached hydrogens (tertiary/aromatic N) is 3. The molecule has 0 radical (unpaired) electrons. The molecule has 8 rings (SSSR count). The van der Waals surface area contributed by atoms with Crippen molar-refractivity contribution in [2.75, 3.05) is 27.2 Å². The summed E-state index contributed by atoms with van der Waals surface area (Å²) in [6.45, 7) is 2.56. The Morgan fingerprint density at radius 3 is 2.27 bits per heavy atom. The molecule has 4 fully saturated rings. The van der Waals surface area contributed by atoms with Crippen molar-refractivity contribution in [2.24, 2.45) is 0 Å². The summed E-state index contributed by atoms with van der Waals surface area (Å²) in [5.74, 6) is 0.715. The number of benzene rings is 2. The minimum atomic E-state index is -3.76. The number of aryl methyl sites for hydroxylation is 1. The van der Waals surface area contributed by atoms with Gasteiger partial charge in [0.1, 0.15) is 5.75 Å². The Bertz CT molecular complexity index is 1940. The van der Waals surface area contributed by atoms with Gasteiger partial charge in [-0.25, -0.2) is 13.1 Å². The van der Waals surface area contributed by atoms with Gasteiger partial charge in [0.05, 0.1) is 18.1 Å². The van der Waals surface area contributed by atoms with Gasteiger partial charge in [0.15, 0.2) is 0 Å². The Labute approximate surface area is 302 Å². The van der Waals surface area contributed by atoms with Crippen LogP contribution in [0, 0.1) is 0 Å². The van der Waals surface area contributed by atoms with E-state index in [0.717, 1.165) is 92.2 Å². The standard InChI is InChI=1S/C41H52N4O5S/c1-43-25-30-15-16-31(26-43)45(30)38(46)20-14-27-21-22-44-37-23-29(41(47)42-51(48,49)33-11-7-4-8-12-33)13-18-35(37)39(28-9-5-3-6-10-28)40(44)34-19-17-32(50-2)24-36(27)34/h13-14,17-20,23-24,27-28,30-31,33H,3-12,15-16,21-22,25-26H2,1-2H3,(H,42,47)/b20-14+. The molecule has 2 saturated heterocycles. The first-order valence-corrected chi connectivity index (χ1v) is 20.9. The minimum absolute atomic E-state index is 0.00885. The Balaban J connectivity index is 1.18. The first-order chi connectivity index (χ1) is 24.7. The van der Waals surface area contributed by atoms with E-state index in [0.29, 0.717) is 30.9 Å². The average Bonchev–Trinajstić information content (AvgIpc) is 3.55. The van der Waals surface area contributed by atoms with Gasteiger partial charge in [-0.1, -0.05) is 50.7 Å². The molecule has 2 aliphatic carbocycles. The molecule has 1 aromatic heterocycles. The van der Waals surface area contributed by atoms with Crippen LogP contribution in [0.15, 0.2) is 48.6 Å². The number of carbonyl (C=O) groups excluding carboxylic acids is 2. The molecule has 272 valence electrons. The lowest BCUT2D eigenvalue weighted by atomic mass is 9.80. The quantitative estimate of drug-likeness (QED) is 0.262. The molecule has 4 heterocycles. The van der Waals surface area contributed by atoms with Gasteiger partial charge < -0.3 is 19.1 Å². The zero-order chi connectivity index (χ0) is 35.3. The van der Waals surface area contributed by atoms with Gasteiger partial charge in [0, 0.05) is 59.7 Å². The summed E-state index contributed by atoms with van der Waals surface area (Å²) in [4.78, 5) is 31.8. The molecule has 10 heteroatoms. The largest absolute Gasteiger partial charge is 0.497 e. The number of rotatable bonds is 7. The van der Waals surface area contributed by atoms with E-state index in [1.54, 1.807) is 13.2 Å². The number of carbonyl (C=O) groups is 2. The third-order valence-corrected chi connectivity index (χ3v) is 14.4. The summed E-state index contributed by atoms with van der Waals surface area (Å²) < 4.78 is 37.0. The van der Waals surface area contributed by atoms with E-state index in [1.165, 1.54) is 30.5 Å². The fraction of sp³-hybridized carbons (Fsp3) is 0.561. The monoisotopic (exact) mass is 712 g/mol. The Hall–Kier alpha value is -3.63. The molecule has 3 aliphatic heterocycles. The molecule has 2 saturated carbocycles. The number of hydrogen-bond acceptors (Lipinski definition) is 6. The second-order valence-corrected chi connectivity index (χ2v) is 17.7. The van der Waals surface area contributed by atoms with Crippen molar-refractivity contribution in [2.45, 2.75) is 119 Å². The summed E-state index contributed by atoms with van der Waals surface area (Å²) in [7, 11) is 0.0833. The Morgan fingerprint density at radius 1 is 0.863 bits per heavy atom. The number of aromatic nitrogens is 1. The molecule has 5 aliphatic rings. The third-order valence-electron chi connectivity index (χ3n) is 12.6. The van der Waals surface area contributed by atoms with Gasteiger partial charge in [0.25, 0.3) is 5.91 Å². The molecule has 3 atom stereocenters. The zero-order valence-corrected chi connectivity index (χ0v) is 30.9. The van der Waals surface area contributed by atoms with Crippen molar-refractivity contribution in [3.8, 4) is 17.0 Å². The number of allylic oxidation sites excluding steroid dienone is 1. The Kier molecular flexibility index (Phi) is 9.50. The van der Waals surface area contributed by atoms with E-state index in [-0.39, 0.29) is 23.9 Å². The smallest absolute Gasteiger partial charge is 0.264 e. The van der Waals surface area contributed by atoms with Crippen LogP contribution in [-0.2, 0) is 21.4 Å². The van der Waals surface area contributed by atoms with Crippen LogP contribution in [0.2, 0.25) is 0 Å². The molecule has 3 unspecified atom stereocenters. The molecule has 9 nitrogen and oxygen atoms in total. The third kappa shape index (κ3) is 6.52. The van der Waals surface area contributed by atoms with Crippen molar-refractivity contribution in [1.29, 1.82) is 0 Å². The lowest BCUT2D eigenvalue weighted by Gasteiger charge is -2.39. The maximum absolute atomic E-state index is 13.7. The van der Waals surface area contributed by atoms with Crippen LogP contribution in [-0.4, -0.2) is 79.2 Å². The van der Waals surface area contributed by atoms with Gasteiger partial charge in [-0.3, -0.25) is 9.59 Å². The predicted octanol–water partition coefficient (Wildman–Crippen LogP) is 7.11. The molecule has 2 bridgehead atoms. The summed E-state index contributed by atoms with van der Waals surface area (Å²) in [6, 6.07) is 12.7. The topological polar surface area (TPSA) is 101 Å². The summed E-state index contributed by atoms with van der Waals surface area (Å²) in [5.41, 5.74) is 6.12. The maximum Gasteiger partial charge on any atom is 0.264 e. The lowest BCUT2D eigenvalue weighted by molar-refractivity contribution is -0.131. The van der Waals surface area contributed by atoms with Crippen LogP contribution >= 0.6 is 0 Å². The first kappa shape index (κ1) is 34.5. The van der Waals surface area contributed by atoms with Crippen molar-refractivity contribution >= 4 is 32.7 Å². The van der Waals surface area contributed by atoms with Crippen LogP contribution in [0.25, 0.3) is 22.2 Å². The molecule has 3 aromatic rings. The van der Waals surface area contributed by atoms with Gasteiger partial charge >= 0.3 is 0 Å². The number of hydrogen-bond donors (Lipinski definition) is 1. The molecular weight excluding hydrogens is 661 g/mol. The second kappa shape index (κ2) is 14.1. The van der Waals surface area contributed by atoms with Crippen molar-refractivity contribution in [3.63, 3.8) is 0 Å². The number of sulfonamides is 1. The summed E-state index contributed by atoms with van der Waals surface area (Å²) in [5, 5.41) is 0.623. The number of amides is 2. The summed E-state index contributed by atoms with van der Waals surface area (Å²) >= 11 is 0. The van der Waals surface area contributed by atoms with Gasteiger partial charge in [-0.05, 0) is 105 Å². The van der Waals surface area contributed by atoms with E-state index in [4.69, 9.17) is 4.74 Å². The number of nitrogens with one attached hydrogen (secondary N) is 1. The van der Waals surface area contributed by atoms with E-state index in [2.05, 4.69) is 44.3 Å². The van der Waals surface area contributed by atoms with Gasteiger partial charge in [-0.2, -0.15) is 0 Å². The highest BCUT2D eigenvalue weighted by molar-refractivity contribution is 7.90. The van der Waals surface area contributed by atoms with Crippen molar-refractivity contribution in [3.05, 3.63) is 65.2 Å². The van der Waals surface area contributed by atoms with Gasteiger partial charge in [0.2, 0.25) is 15.9 Å². The molecule has 1 N–H and O–H groups in total. The van der Waals surface area contributed by atoms with Crippen molar-refractivity contribution < 1.29 is 22.7 Å². The van der Waals surface area contributed by atoms with Crippen LogP contribution in [0.1, 0.15) is 117 Å². The highest BCUT2D eigenvalue weighted by atomic mass is 32.2. The van der Waals surface area contributed by atoms with Crippen LogP contribution in [0.3, 0.4) is 0 Å². The number of piperazine rings is 1. The Morgan fingerprint density at radius 2 is 1.57 bits per heavy atom. The van der Waals surface area contributed by atoms with E-state index in [9.17, 15) is 18.0 Å². The van der Waals surface area contributed by atoms with Crippen LogP contribution in [0.4, 0.5) is 0 Å². The number of likely N-dealkylation sites (tertiary alicyclic amines) is 1. The highest BCUT2D eigenvalue weighted by Gasteiger charge is 2.41. The second-order valence-electron chi connectivity index (χ2n) is 15.8. The molecule has 0 spiro atoms. The number of fused-ring (bicyclic) bond motifs is 7. The number of methoxy groups -OCH3 is 1. The van der Waals surface area contributed by atoms with Crippen molar-refractivity contribution in [1.82, 2.24) is 19.1 Å². The molecule has 2 amide bonds. The molecule has 51 heavy (non-hydrogen) atoms. The average molecular weight is 713 g/mol. The summed E-state index contributed by atoms with van der Waals surface area (Å²) in [6.07, 6.45) is 16.7. The molecular formula is C41H52N4O5S. The van der Waals surface area contributed by atoms with E-state index >= 15 is 0 Å². The fourth-order valence-corrected chi connectivity index (χ4v) is 11.6. The van der Waals surface area contributed by atoms with E-state index in [1.807, 2.05) is 24.3 Å².